The molecule has 1 unspecified atom stereocenters. The molecule has 0 N–H and O–H groups in total. The van der Waals surface area contributed by atoms with Gasteiger partial charge in [-0.2, -0.15) is 0 Å². The molecule has 0 radical (unpaired) electrons. The van der Waals surface area contributed by atoms with Crippen LogP contribution in [0.25, 0.3) is 0 Å². The van der Waals surface area contributed by atoms with Crippen LogP contribution >= 0.6 is 0 Å². The van der Waals surface area contributed by atoms with Crippen molar-refractivity contribution in [1.82, 2.24) is 9.80 Å². The number of unbranched alkanes of at least 4 members (excludes halogenated alkanes) is 2. The van der Waals surface area contributed by atoms with Crippen LogP contribution in [0.15, 0.2) is 0 Å². The van der Waals surface area contributed by atoms with E-state index >= 15 is 0 Å². The smallest absolute Gasteiger partial charge is 0.0702 e. The van der Waals surface area contributed by atoms with Crippen LogP contribution in [-0.4, -0.2) is 61.3 Å². The first-order valence-electron chi connectivity index (χ1n) is 9.27. The normalized spacial score (nSPS) is 26.6. The Morgan fingerprint density at radius 1 is 1.10 bits per heavy atom. The lowest BCUT2D eigenvalue weighted by Gasteiger charge is -2.39. The largest absolute Gasteiger partial charge is 0.376 e. The summed E-state index contributed by atoms with van der Waals surface area (Å²) in [6, 6.07) is 0.720. The van der Waals surface area contributed by atoms with E-state index < -0.39 is 0 Å². The maximum atomic E-state index is 5.94. The van der Waals surface area contributed by atoms with E-state index in [2.05, 4.69) is 30.6 Å². The highest BCUT2D eigenvalue weighted by Crippen LogP contribution is 2.21. The first-order valence-corrected chi connectivity index (χ1v) is 9.27. The molecule has 1 atom stereocenters. The molecule has 0 amide bonds. The van der Waals surface area contributed by atoms with E-state index in [1.54, 1.807) is 0 Å². The number of hydrogen-bond acceptors (Lipinski definition) is 3. The fourth-order valence-corrected chi connectivity index (χ4v) is 3.76. The molecule has 0 bridgehead atoms. The van der Waals surface area contributed by atoms with Crippen molar-refractivity contribution in [1.29, 1.82) is 0 Å². The van der Waals surface area contributed by atoms with Gasteiger partial charge < -0.3 is 9.64 Å². The molecule has 0 aromatic heterocycles. The first-order chi connectivity index (χ1) is 10.2. The molecule has 2 saturated heterocycles. The molecule has 0 aromatic carbocycles. The molecule has 0 aliphatic carbocycles. The van der Waals surface area contributed by atoms with Crippen molar-refractivity contribution in [2.24, 2.45) is 5.92 Å². The third-order valence-corrected chi connectivity index (χ3v) is 5.25. The summed E-state index contributed by atoms with van der Waals surface area (Å²) in [4.78, 5) is 5.30. The molecule has 2 aliphatic heterocycles. The lowest BCUT2D eigenvalue weighted by Crippen LogP contribution is -2.47. The van der Waals surface area contributed by atoms with E-state index in [-0.39, 0.29) is 0 Å². The van der Waals surface area contributed by atoms with Gasteiger partial charge in [-0.15, -0.1) is 0 Å². The minimum absolute atomic E-state index is 0.501. The molecule has 3 nitrogen and oxygen atoms in total. The summed E-state index contributed by atoms with van der Waals surface area (Å²) < 4.78 is 5.94. The van der Waals surface area contributed by atoms with Crippen molar-refractivity contribution in [3.63, 3.8) is 0 Å². The highest BCUT2D eigenvalue weighted by Gasteiger charge is 2.25. The maximum Gasteiger partial charge on any atom is 0.0702 e. The Labute approximate surface area is 132 Å². The second-order valence-corrected chi connectivity index (χ2v) is 7.32. The van der Waals surface area contributed by atoms with Gasteiger partial charge in [-0.1, -0.05) is 26.2 Å². The summed E-state index contributed by atoms with van der Waals surface area (Å²) >= 11 is 0. The van der Waals surface area contributed by atoms with Crippen LogP contribution in [0.5, 0.6) is 0 Å². The van der Waals surface area contributed by atoms with E-state index in [0.717, 1.165) is 25.1 Å². The van der Waals surface area contributed by atoms with E-state index in [0.29, 0.717) is 6.10 Å². The van der Waals surface area contributed by atoms with Gasteiger partial charge in [0.15, 0.2) is 0 Å². The molecule has 0 aromatic rings. The summed E-state index contributed by atoms with van der Waals surface area (Å²) in [5.41, 5.74) is 0. The summed E-state index contributed by atoms with van der Waals surface area (Å²) in [6.45, 7) is 14.1. The SMILES string of the molecule is CCCCCC1CN(CC2CCN(C(C)C)CC2)CCO1. The molecule has 0 spiro atoms. The zero-order chi connectivity index (χ0) is 15.1. The summed E-state index contributed by atoms with van der Waals surface area (Å²) in [5.74, 6) is 0.911. The maximum absolute atomic E-state index is 5.94. The minimum atomic E-state index is 0.501. The van der Waals surface area contributed by atoms with Crippen LogP contribution in [0.1, 0.15) is 59.3 Å². The molecule has 2 heterocycles. The van der Waals surface area contributed by atoms with Gasteiger partial charge in [-0.3, -0.25) is 4.90 Å². The number of rotatable bonds is 7. The topological polar surface area (TPSA) is 15.7 Å². The molecular formula is C18H36N2O. The van der Waals surface area contributed by atoms with Gasteiger partial charge in [0, 0.05) is 25.7 Å². The molecule has 124 valence electrons. The van der Waals surface area contributed by atoms with E-state index in [1.807, 2.05) is 0 Å². The lowest BCUT2D eigenvalue weighted by molar-refractivity contribution is -0.0401. The monoisotopic (exact) mass is 296 g/mol. The van der Waals surface area contributed by atoms with Gasteiger partial charge in [0.1, 0.15) is 0 Å². The third kappa shape index (κ3) is 5.88. The summed E-state index contributed by atoms with van der Waals surface area (Å²) in [7, 11) is 0. The van der Waals surface area contributed by atoms with Crippen LogP contribution in [0.2, 0.25) is 0 Å². The van der Waals surface area contributed by atoms with Crippen molar-refractivity contribution >= 4 is 0 Å². The van der Waals surface area contributed by atoms with Crippen molar-refractivity contribution in [3.8, 4) is 0 Å². The average Bonchev–Trinajstić information content (AvgIpc) is 2.48. The second kappa shape index (κ2) is 9.12. The predicted octanol–water partition coefficient (Wildman–Crippen LogP) is 3.39. The summed E-state index contributed by atoms with van der Waals surface area (Å²) in [6.07, 6.45) is 8.53. The Morgan fingerprint density at radius 3 is 2.52 bits per heavy atom. The third-order valence-electron chi connectivity index (χ3n) is 5.25. The highest BCUT2D eigenvalue weighted by atomic mass is 16.5. The standard InChI is InChI=1S/C18H36N2O/c1-4-5-6-7-18-15-19(12-13-21-18)14-17-8-10-20(11-9-17)16(2)3/h16-18H,4-15H2,1-3H3. The molecular weight excluding hydrogens is 260 g/mol. The zero-order valence-corrected chi connectivity index (χ0v) is 14.5. The van der Waals surface area contributed by atoms with Crippen LogP contribution in [-0.2, 0) is 4.74 Å². The van der Waals surface area contributed by atoms with Crippen molar-refractivity contribution < 1.29 is 4.74 Å². The Balaban J connectivity index is 1.66. The number of morpholine rings is 1. The van der Waals surface area contributed by atoms with Crippen LogP contribution in [0.3, 0.4) is 0 Å². The Hall–Kier alpha value is -0.120. The summed E-state index contributed by atoms with van der Waals surface area (Å²) in [5, 5.41) is 0. The predicted molar refractivity (Wildman–Crippen MR) is 89.8 cm³/mol. The van der Waals surface area contributed by atoms with Gasteiger partial charge in [0.25, 0.3) is 0 Å². The Morgan fingerprint density at radius 2 is 1.86 bits per heavy atom. The van der Waals surface area contributed by atoms with E-state index in [9.17, 15) is 0 Å². The van der Waals surface area contributed by atoms with Crippen LogP contribution in [0, 0.1) is 5.92 Å². The average molecular weight is 296 g/mol. The molecule has 3 heteroatoms. The minimum Gasteiger partial charge on any atom is -0.376 e. The highest BCUT2D eigenvalue weighted by molar-refractivity contribution is 4.79. The molecule has 2 rings (SSSR count). The van der Waals surface area contributed by atoms with Crippen molar-refractivity contribution in [3.05, 3.63) is 0 Å². The quantitative estimate of drug-likeness (QED) is 0.670. The number of hydrogen-bond donors (Lipinski definition) is 0. The Kier molecular flexibility index (Phi) is 7.48. The van der Waals surface area contributed by atoms with Gasteiger partial charge in [0.05, 0.1) is 12.7 Å². The van der Waals surface area contributed by atoms with Crippen molar-refractivity contribution in [2.45, 2.75) is 71.4 Å². The van der Waals surface area contributed by atoms with E-state index in [1.165, 1.54) is 64.7 Å². The fourth-order valence-electron chi connectivity index (χ4n) is 3.76. The first kappa shape index (κ1) is 17.2. The van der Waals surface area contributed by atoms with Gasteiger partial charge >= 0.3 is 0 Å². The van der Waals surface area contributed by atoms with Crippen molar-refractivity contribution in [2.75, 3.05) is 39.3 Å². The van der Waals surface area contributed by atoms with E-state index in [4.69, 9.17) is 4.74 Å². The number of likely N-dealkylation sites (tertiary alicyclic amines) is 1. The molecule has 2 fully saturated rings. The zero-order valence-electron chi connectivity index (χ0n) is 14.5. The second-order valence-electron chi connectivity index (χ2n) is 7.32. The lowest BCUT2D eigenvalue weighted by atomic mass is 9.95. The van der Waals surface area contributed by atoms with Gasteiger partial charge in [0.2, 0.25) is 0 Å². The van der Waals surface area contributed by atoms with Crippen LogP contribution in [0.4, 0.5) is 0 Å². The molecule has 0 saturated carbocycles. The number of ether oxygens (including phenoxy) is 1. The molecule has 21 heavy (non-hydrogen) atoms. The Bertz CT molecular complexity index is 274. The van der Waals surface area contributed by atoms with Crippen LogP contribution < -0.4 is 0 Å². The van der Waals surface area contributed by atoms with Gasteiger partial charge in [-0.25, -0.2) is 0 Å². The molecule has 2 aliphatic rings. The number of nitrogens with zero attached hydrogens (tertiary/aromatic N) is 2. The number of piperidine rings is 1. The fraction of sp³-hybridized carbons (Fsp3) is 1.00. The van der Waals surface area contributed by atoms with Gasteiger partial charge in [-0.05, 0) is 52.1 Å².